The minimum atomic E-state index is 0.334. The Balaban J connectivity index is 1.51. The molecule has 3 heteroatoms. The molecule has 2 aliphatic rings. The van der Waals surface area contributed by atoms with E-state index in [2.05, 4.69) is 29.2 Å². The number of benzene rings is 1. The topological polar surface area (TPSA) is 20.3 Å². The number of nitrogens with zero attached hydrogens (tertiary/aromatic N) is 1. The van der Waals surface area contributed by atoms with E-state index >= 15 is 0 Å². The summed E-state index contributed by atoms with van der Waals surface area (Å²) in [4.78, 5) is 15.7. The van der Waals surface area contributed by atoms with Gasteiger partial charge in [-0.3, -0.25) is 4.79 Å². The molecule has 3 rings (SSSR count). The van der Waals surface area contributed by atoms with Crippen LogP contribution < -0.4 is 0 Å². The Labute approximate surface area is 118 Å². The van der Waals surface area contributed by atoms with Crippen LogP contribution in [0.1, 0.15) is 25.7 Å². The van der Waals surface area contributed by atoms with Crippen LogP contribution in [0.3, 0.4) is 0 Å². The summed E-state index contributed by atoms with van der Waals surface area (Å²) in [5, 5.41) is 0. The van der Waals surface area contributed by atoms with Gasteiger partial charge in [0.15, 0.2) is 0 Å². The maximum atomic E-state index is 12.3. The average molecular weight is 273 g/mol. The molecule has 2 atom stereocenters. The van der Waals surface area contributed by atoms with Gasteiger partial charge in [0.1, 0.15) is 0 Å². The maximum absolute atomic E-state index is 12.3. The number of thioether (sulfide) groups is 1. The molecule has 2 heterocycles. The molecule has 1 aromatic rings. The van der Waals surface area contributed by atoms with E-state index in [0.29, 0.717) is 24.4 Å². The number of fused-ring (bicyclic) bond motifs is 2. The molecule has 0 aromatic heterocycles. The van der Waals surface area contributed by atoms with Gasteiger partial charge in [0.2, 0.25) is 5.91 Å². The molecule has 100 valence electrons. The van der Waals surface area contributed by atoms with Crippen molar-refractivity contribution in [3.63, 3.8) is 0 Å². The van der Waals surface area contributed by atoms with Crippen LogP contribution in [0.25, 0.3) is 0 Å². The van der Waals surface area contributed by atoms with Gasteiger partial charge in [-0.1, -0.05) is 30.4 Å². The number of rotatable bonds is 4. The Kier molecular flexibility index (Phi) is 3.92. The SMILES string of the molecule is O=C(CCSc1ccccc1)N1C2C=CCC1CC2. The summed E-state index contributed by atoms with van der Waals surface area (Å²) in [7, 11) is 0. The summed E-state index contributed by atoms with van der Waals surface area (Å²) in [6.07, 6.45) is 8.49. The van der Waals surface area contributed by atoms with Gasteiger partial charge in [-0.2, -0.15) is 0 Å². The normalized spacial score (nSPS) is 24.7. The van der Waals surface area contributed by atoms with Crippen LogP contribution in [0.5, 0.6) is 0 Å². The second-order valence-electron chi connectivity index (χ2n) is 5.17. The predicted molar refractivity (Wildman–Crippen MR) is 79.2 cm³/mol. The monoisotopic (exact) mass is 273 g/mol. The van der Waals surface area contributed by atoms with Gasteiger partial charge in [-0.25, -0.2) is 0 Å². The molecule has 1 saturated heterocycles. The van der Waals surface area contributed by atoms with Crippen LogP contribution in [-0.2, 0) is 4.79 Å². The van der Waals surface area contributed by atoms with Crippen molar-refractivity contribution in [1.82, 2.24) is 4.90 Å². The third kappa shape index (κ3) is 2.86. The van der Waals surface area contributed by atoms with E-state index in [1.54, 1.807) is 11.8 Å². The van der Waals surface area contributed by atoms with Crippen molar-refractivity contribution in [2.45, 2.75) is 42.7 Å². The third-order valence-electron chi connectivity index (χ3n) is 3.93. The summed E-state index contributed by atoms with van der Waals surface area (Å²) in [5.74, 6) is 1.21. The zero-order chi connectivity index (χ0) is 13.1. The van der Waals surface area contributed by atoms with Crippen LogP contribution in [0.2, 0.25) is 0 Å². The summed E-state index contributed by atoms with van der Waals surface area (Å²) in [6, 6.07) is 11.2. The van der Waals surface area contributed by atoms with Crippen molar-refractivity contribution in [2.24, 2.45) is 0 Å². The Hall–Kier alpha value is -1.22. The van der Waals surface area contributed by atoms with Crippen molar-refractivity contribution >= 4 is 17.7 Å². The van der Waals surface area contributed by atoms with E-state index in [-0.39, 0.29) is 0 Å². The summed E-state index contributed by atoms with van der Waals surface area (Å²) >= 11 is 1.77. The minimum Gasteiger partial charge on any atom is -0.333 e. The minimum absolute atomic E-state index is 0.334. The van der Waals surface area contributed by atoms with E-state index in [4.69, 9.17) is 0 Å². The van der Waals surface area contributed by atoms with Crippen LogP contribution in [0, 0.1) is 0 Å². The summed E-state index contributed by atoms with van der Waals surface area (Å²) in [6.45, 7) is 0. The first-order chi connectivity index (χ1) is 9.34. The van der Waals surface area contributed by atoms with E-state index in [1.165, 1.54) is 11.3 Å². The molecule has 1 amide bonds. The van der Waals surface area contributed by atoms with Crippen LogP contribution >= 0.6 is 11.8 Å². The van der Waals surface area contributed by atoms with Crippen LogP contribution in [-0.4, -0.2) is 28.6 Å². The molecule has 2 nitrogen and oxygen atoms in total. The average Bonchev–Trinajstić information content (AvgIpc) is 2.70. The van der Waals surface area contributed by atoms with Gasteiger partial charge in [0, 0.05) is 23.1 Å². The Morgan fingerprint density at radius 2 is 2.11 bits per heavy atom. The molecule has 2 bridgehead atoms. The lowest BCUT2D eigenvalue weighted by molar-refractivity contribution is -0.133. The van der Waals surface area contributed by atoms with Gasteiger partial charge in [0.05, 0.1) is 6.04 Å². The number of carbonyl (C=O) groups is 1. The molecular formula is C16H19NOS. The van der Waals surface area contributed by atoms with E-state index in [0.717, 1.165) is 18.6 Å². The molecule has 0 radical (unpaired) electrons. The molecule has 2 unspecified atom stereocenters. The first-order valence-corrected chi connectivity index (χ1v) is 7.99. The fourth-order valence-electron chi connectivity index (χ4n) is 3.02. The first kappa shape index (κ1) is 12.8. The standard InChI is InChI=1S/C16H19NOS/c18-16(11-12-19-15-7-2-1-3-8-15)17-13-5-4-6-14(17)10-9-13/h1-5,7-8,13-14H,6,9-12H2. The largest absolute Gasteiger partial charge is 0.333 e. The third-order valence-corrected chi connectivity index (χ3v) is 4.94. The number of amides is 1. The van der Waals surface area contributed by atoms with Crippen LogP contribution in [0.15, 0.2) is 47.4 Å². The Morgan fingerprint density at radius 1 is 1.26 bits per heavy atom. The van der Waals surface area contributed by atoms with E-state index < -0.39 is 0 Å². The Morgan fingerprint density at radius 3 is 2.89 bits per heavy atom. The van der Waals surface area contributed by atoms with Crippen molar-refractivity contribution in [3.8, 4) is 0 Å². The quantitative estimate of drug-likeness (QED) is 0.618. The van der Waals surface area contributed by atoms with Crippen LogP contribution in [0.4, 0.5) is 0 Å². The number of hydrogen-bond donors (Lipinski definition) is 0. The molecule has 0 N–H and O–H groups in total. The Bertz CT molecular complexity index is 471. The zero-order valence-electron chi connectivity index (χ0n) is 11.0. The molecule has 1 aromatic carbocycles. The fraction of sp³-hybridized carbons (Fsp3) is 0.438. The molecular weight excluding hydrogens is 254 g/mol. The smallest absolute Gasteiger partial charge is 0.224 e. The highest BCUT2D eigenvalue weighted by atomic mass is 32.2. The highest BCUT2D eigenvalue weighted by Gasteiger charge is 2.36. The van der Waals surface area contributed by atoms with Crippen molar-refractivity contribution in [3.05, 3.63) is 42.5 Å². The molecule has 0 spiro atoms. The summed E-state index contributed by atoms with van der Waals surface area (Å²) in [5.41, 5.74) is 0. The fourth-order valence-corrected chi connectivity index (χ4v) is 3.88. The highest BCUT2D eigenvalue weighted by Crippen LogP contribution is 2.32. The predicted octanol–water partition coefficient (Wildman–Crippen LogP) is 3.49. The van der Waals surface area contributed by atoms with Crippen molar-refractivity contribution < 1.29 is 4.79 Å². The lowest BCUT2D eigenvalue weighted by Gasteiger charge is -2.31. The van der Waals surface area contributed by atoms with Crippen molar-refractivity contribution in [2.75, 3.05) is 5.75 Å². The maximum Gasteiger partial charge on any atom is 0.224 e. The molecule has 0 saturated carbocycles. The first-order valence-electron chi connectivity index (χ1n) is 7.00. The second kappa shape index (κ2) is 5.83. The zero-order valence-corrected chi connectivity index (χ0v) is 11.8. The highest BCUT2D eigenvalue weighted by molar-refractivity contribution is 7.99. The van der Waals surface area contributed by atoms with Gasteiger partial charge in [0.25, 0.3) is 0 Å². The number of carbonyl (C=O) groups excluding carboxylic acids is 1. The molecule has 0 aliphatic carbocycles. The second-order valence-corrected chi connectivity index (χ2v) is 6.34. The molecule has 19 heavy (non-hydrogen) atoms. The van der Waals surface area contributed by atoms with Gasteiger partial charge in [-0.15, -0.1) is 11.8 Å². The van der Waals surface area contributed by atoms with E-state index in [1.807, 2.05) is 18.2 Å². The molecule has 2 aliphatic heterocycles. The van der Waals surface area contributed by atoms with Gasteiger partial charge >= 0.3 is 0 Å². The lowest BCUT2D eigenvalue weighted by atomic mass is 10.1. The number of hydrogen-bond acceptors (Lipinski definition) is 2. The van der Waals surface area contributed by atoms with Gasteiger partial charge in [-0.05, 0) is 31.4 Å². The lowest BCUT2D eigenvalue weighted by Crippen LogP contribution is -2.42. The molecule has 1 fully saturated rings. The summed E-state index contributed by atoms with van der Waals surface area (Å²) < 4.78 is 0. The van der Waals surface area contributed by atoms with Gasteiger partial charge < -0.3 is 4.90 Å². The van der Waals surface area contributed by atoms with Crippen molar-refractivity contribution in [1.29, 1.82) is 0 Å². The van der Waals surface area contributed by atoms with E-state index in [9.17, 15) is 4.79 Å².